The zero-order valence-corrected chi connectivity index (χ0v) is 10.3. The van der Waals surface area contributed by atoms with E-state index in [4.69, 9.17) is 5.73 Å². The molecule has 2 N–H and O–H groups in total. The largest absolute Gasteiger partial charge is 0.324 e. The van der Waals surface area contributed by atoms with Gasteiger partial charge in [0.1, 0.15) is 0 Å². The summed E-state index contributed by atoms with van der Waals surface area (Å²) in [5, 5.41) is 0. The molecular weight excluding hydrogens is 196 g/mol. The van der Waals surface area contributed by atoms with Crippen LogP contribution in [0.2, 0.25) is 0 Å². The summed E-state index contributed by atoms with van der Waals surface area (Å²) < 4.78 is 0. The fourth-order valence-electron chi connectivity index (χ4n) is 2.99. The number of rotatable bonds is 2. The van der Waals surface area contributed by atoms with E-state index in [1.165, 1.54) is 31.2 Å². The molecule has 16 heavy (non-hydrogen) atoms. The maximum Gasteiger partial charge on any atom is 0.0343 e. The molecule has 2 heteroatoms. The van der Waals surface area contributed by atoms with E-state index >= 15 is 0 Å². The fraction of sp³-hybridized carbons (Fsp3) is 0.643. The first-order valence-electron chi connectivity index (χ1n) is 6.27. The van der Waals surface area contributed by atoms with Crippen molar-refractivity contribution in [3.63, 3.8) is 0 Å². The van der Waals surface area contributed by atoms with Gasteiger partial charge in [-0.1, -0.05) is 32.8 Å². The molecule has 1 aromatic heterocycles. The first-order chi connectivity index (χ1) is 7.61. The van der Waals surface area contributed by atoms with Crippen molar-refractivity contribution in [3.8, 4) is 0 Å². The average Bonchev–Trinajstić information content (AvgIpc) is 2.29. The van der Waals surface area contributed by atoms with Crippen molar-refractivity contribution in [2.75, 3.05) is 0 Å². The molecule has 2 rings (SSSR count). The highest BCUT2D eigenvalue weighted by molar-refractivity contribution is 5.15. The lowest BCUT2D eigenvalue weighted by atomic mass is 9.65. The quantitative estimate of drug-likeness (QED) is 0.827. The molecule has 1 heterocycles. The minimum absolute atomic E-state index is 0.143. The molecule has 2 nitrogen and oxygen atoms in total. The molecule has 1 fully saturated rings. The Balaban J connectivity index is 2.17. The summed E-state index contributed by atoms with van der Waals surface area (Å²) in [6.45, 7) is 4.71. The van der Waals surface area contributed by atoms with Gasteiger partial charge in [0.05, 0.1) is 0 Å². The van der Waals surface area contributed by atoms with Crippen LogP contribution in [0.1, 0.15) is 51.1 Å². The Morgan fingerprint density at radius 3 is 2.88 bits per heavy atom. The monoisotopic (exact) mass is 218 g/mol. The van der Waals surface area contributed by atoms with Gasteiger partial charge in [0.25, 0.3) is 0 Å². The summed E-state index contributed by atoms with van der Waals surface area (Å²) in [4.78, 5) is 4.17. The lowest BCUT2D eigenvalue weighted by Gasteiger charge is -2.42. The number of aromatic nitrogens is 1. The molecule has 2 atom stereocenters. The van der Waals surface area contributed by atoms with Crippen molar-refractivity contribution in [1.29, 1.82) is 0 Å². The Kier molecular flexibility index (Phi) is 3.29. The standard InChI is InChI=1S/C14H22N2/c1-14(2)8-4-3-7-12(14)13(15)11-6-5-9-16-10-11/h5-6,9-10,12-13H,3-4,7-8,15H2,1-2H3. The highest BCUT2D eigenvalue weighted by Gasteiger charge is 2.36. The number of nitrogens with two attached hydrogens (primary N) is 1. The molecule has 0 saturated heterocycles. The second-order valence-corrected chi connectivity index (χ2v) is 5.65. The molecule has 0 spiro atoms. The molecule has 0 aromatic carbocycles. The lowest BCUT2D eigenvalue weighted by molar-refractivity contribution is 0.112. The normalized spacial score (nSPS) is 26.3. The van der Waals surface area contributed by atoms with Crippen LogP contribution in [0.5, 0.6) is 0 Å². The van der Waals surface area contributed by atoms with E-state index < -0.39 is 0 Å². The third kappa shape index (κ3) is 2.27. The van der Waals surface area contributed by atoms with Crippen molar-refractivity contribution in [2.45, 2.75) is 45.6 Å². The maximum atomic E-state index is 6.41. The van der Waals surface area contributed by atoms with Crippen molar-refractivity contribution in [1.82, 2.24) is 4.98 Å². The summed E-state index contributed by atoms with van der Waals surface area (Å²) in [7, 11) is 0. The lowest BCUT2D eigenvalue weighted by Crippen LogP contribution is -2.36. The van der Waals surface area contributed by atoms with Crippen LogP contribution in [0.4, 0.5) is 0 Å². The molecule has 1 aliphatic rings. The second-order valence-electron chi connectivity index (χ2n) is 5.65. The van der Waals surface area contributed by atoms with E-state index in [2.05, 4.69) is 24.9 Å². The summed E-state index contributed by atoms with van der Waals surface area (Å²) in [6.07, 6.45) is 8.94. The van der Waals surface area contributed by atoms with Gasteiger partial charge in [-0.15, -0.1) is 0 Å². The molecular formula is C14H22N2. The third-order valence-electron chi connectivity index (χ3n) is 4.09. The highest BCUT2D eigenvalue weighted by Crippen LogP contribution is 2.45. The fourth-order valence-corrected chi connectivity index (χ4v) is 2.99. The van der Waals surface area contributed by atoms with Crippen LogP contribution in [0, 0.1) is 11.3 Å². The van der Waals surface area contributed by atoms with Crippen molar-refractivity contribution < 1.29 is 0 Å². The summed E-state index contributed by atoms with van der Waals surface area (Å²) in [5.74, 6) is 0.588. The van der Waals surface area contributed by atoms with Crippen LogP contribution in [0.25, 0.3) is 0 Å². The van der Waals surface area contributed by atoms with Crippen molar-refractivity contribution in [3.05, 3.63) is 30.1 Å². The number of pyridine rings is 1. The van der Waals surface area contributed by atoms with E-state index in [1.807, 2.05) is 18.5 Å². The predicted octanol–water partition coefficient (Wildman–Crippen LogP) is 3.30. The van der Waals surface area contributed by atoms with Gasteiger partial charge >= 0.3 is 0 Å². The van der Waals surface area contributed by atoms with Crippen LogP contribution >= 0.6 is 0 Å². The molecule has 1 saturated carbocycles. The number of hydrogen-bond donors (Lipinski definition) is 1. The van der Waals surface area contributed by atoms with Gasteiger partial charge in [0.15, 0.2) is 0 Å². The van der Waals surface area contributed by atoms with Crippen LogP contribution in [0.15, 0.2) is 24.5 Å². The predicted molar refractivity (Wildman–Crippen MR) is 66.9 cm³/mol. The van der Waals surface area contributed by atoms with Gasteiger partial charge < -0.3 is 5.73 Å². The van der Waals surface area contributed by atoms with Crippen LogP contribution in [0.3, 0.4) is 0 Å². The van der Waals surface area contributed by atoms with E-state index in [1.54, 1.807) is 0 Å². The van der Waals surface area contributed by atoms with Crippen LogP contribution < -0.4 is 5.73 Å². The summed E-state index contributed by atoms with van der Waals surface area (Å²) in [6, 6.07) is 4.22. The molecule has 0 aliphatic heterocycles. The van der Waals surface area contributed by atoms with Gasteiger partial charge in [0, 0.05) is 18.4 Å². The highest BCUT2D eigenvalue weighted by atomic mass is 14.7. The summed E-state index contributed by atoms with van der Waals surface area (Å²) in [5.41, 5.74) is 7.96. The molecule has 2 unspecified atom stereocenters. The smallest absolute Gasteiger partial charge is 0.0343 e. The molecule has 0 bridgehead atoms. The van der Waals surface area contributed by atoms with Gasteiger partial charge in [0.2, 0.25) is 0 Å². The SMILES string of the molecule is CC1(C)CCCCC1C(N)c1cccnc1. The van der Waals surface area contributed by atoms with Gasteiger partial charge in [-0.05, 0) is 35.8 Å². The Labute approximate surface area is 98.3 Å². The molecule has 1 aliphatic carbocycles. The summed E-state index contributed by atoms with van der Waals surface area (Å²) >= 11 is 0. The molecule has 88 valence electrons. The Morgan fingerprint density at radius 1 is 1.44 bits per heavy atom. The Hall–Kier alpha value is -0.890. The Morgan fingerprint density at radius 2 is 2.25 bits per heavy atom. The first-order valence-corrected chi connectivity index (χ1v) is 6.27. The minimum atomic E-state index is 0.143. The third-order valence-corrected chi connectivity index (χ3v) is 4.09. The topological polar surface area (TPSA) is 38.9 Å². The number of nitrogens with zero attached hydrogens (tertiary/aromatic N) is 1. The second kappa shape index (κ2) is 4.54. The van der Waals surface area contributed by atoms with Crippen molar-refractivity contribution in [2.24, 2.45) is 17.1 Å². The molecule has 0 radical (unpaired) electrons. The van der Waals surface area contributed by atoms with Gasteiger partial charge in [-0.2, -0.15) is 0 Å². The minimum Gasteiger partial charge on any atom is -0.324 e. The first kappa shape index (κ1) is 11.6. The van der Waals surface area contributed by atoms with Crippen LogP contribution in [-0.2, 0) is 0 Å². The molecule has 0 amide bonds. The Bertz CT molecular complexity index is 332. The zero-order valence-electron chi connectivity index (χ0n) is 10.3. The van der Waals surface area contributed by atoms with Crippen molar-refractivity contribution >= 4 is 0 Å². The van der Waals surface area contributed by atoms with E-state index in [0.717, 1.165) is 0 Å². The average molecular weight is 218 g/mol. The zero-order chi connectivity index (χ0) is 11.6. The van der Waals surface area contributed by atoms with E-state index in [9.17, 15) is 0 Å². The van der Waals surface area contributed by atoms with E-state index in [0.29, 0.717) is 11.3 Å². The van der Waals surface area contributed by atoms with Crippen LogP contribution in [-0.4, -0.2) is 4.98 Å². The van der Waals surface area contributed by atoms with E-state index in [-0.39, 0.29) is 6.04 Å². The molecule has 1 aromatic rings. The van der Waals surface area contributed by atoms with Gasteiger partial charge in [-0.25, -0.2) is 0 Å². The number of hydrogen-bond acceptors (Lipinski definition) is 2. The van der Waals surface area contributed by atoms with Gasteiger partial charge in [-0.3, -0.25) is 4.98 Å². The maximum absolute atomic E-state index is 6.41.